The summed E-state index contributed by atoms with van der Waals surface area (Å²) in [5, 5.41) is 1.96. The van der Waals surface area contributed by atoms with Crippen molar-refractivity contribution in [3.05, 3.63) is 52.2 Å². The number of rotatable bonds is 3. The average Bonchev–Trinajstić information content (AvgIpc) is 3.09. The first-order valence-corrected chi connectivity index (χ1v) is 8.71. The first kappa shape index (κ1) is 15.1. The molecule has 0 spiro atoms. The lowest BCUT2D eigenvalue weighted by molar-refractivity contribution is 0.0751. The van der Waals surface area contributed by atoms with Crippen LogP contribution in [0.4, 0.5) is 5.69 Å². The third-order valence-electron chi connectivity index (χ3n) is 4.20. The second-order valence-electron chi connectivity index (χ2n) is 5.97. The Morgan fingerprint density at radius 2 is 1.77 bits per heavy atom. The second-order valence-corrected chi connectivity index (χ2v) is 6.92. The number of thiophene rings is 1. The first-order valence-electron chi connectivity index (χ1n) is 7.83. The highest BCUT2D eigenvalue weighted by molar-refractivity contribution is 7.12. The van der Waals surface area contributed by atoms with Crippen LogP contribution in [-0.4, -0.2) is 37.0 Å². The zero-order valence-electron chi connectivity index (χ0n) is 13.2. The zero-order valence-corrected chi connectivity index (χ0v) is 14.0. The molecule has 1 aromatic heterocycles. The molecule has 0 aliphatic carbocycles. The van der Waals surface area contributed by atoms with E-state index in [1.807, 2.05) is 22.4 Å². The highest BCUT2D eigenvalue weighted by atomic mass is 32.1. The van der Waals surface area contributed by atoms with Crippen molar-refractivity contribution < 1.29 is 4.79 Å². The molecule has 4 heteroatoms. The van der Waals surface area contributed by atoms with Crippen molar-refractivity contribution >= 4 is 22.9 Å². The summed E-state index contributed by atoms with van der Waals surface area (Å²) in [5.74, 6) is 0.689. The van der Waals surface area contributed by atoms with Gasteiger partial charge in [-0.25, -0.2) is 0 Å². The Morgan fingerprint density at radius 1 is 1.05 bits per heavy atom. The van der Waals surface area contributed by atoms with E-state index >= 15 is 0 Å². The van der Waals surface area contributed by atoms with Gasteiger partial charge in [0.15, 0.2) is 0 Å². The number of benzene rings is 1. The minimum Gasteiger partial charge on any atom is -0.368 e. The SMILES string of the molecule is CC(C)c1ccccc1N1CCN(C(=O)c2cccs2)CC1. The number of para-hydroxylation sites is 1. The molecule has 0 N–H and O–H groups in total. The number of nitrogens with zero attached hydrogens (tertiary/aromatic N) is 2. The lowest BCUT2D eigenvalue weighted by Crippen LogP contribution is -2.48. The molecule has 116 valence electrons. The van der Waals surface area contributed by atoms with Crippen molar-refractivity contribution in [3.63, 3.8) is 0 Å². The van der Waals surface area contributed by atoms with Gasteiger partial charge in [0.05, 0.1) is 4.88 Å². The highest BCUT2D eigenvalue weighted by Crippen LogP contribution is 2.28. The lowest BCUT2D eigenvalue weighted by Gasteiger charge is -2.37. The summed E-state index contributed by atoms with van der Waals surface area (Å²) in [6.07, 6.45) is 0. The maximum absolute atomic E-state index is 12.4. The van der Waals surface area contributed by atoms with E-state index in [0.717, 1.165) is 31.1 Å². The molecule has 0 atom stereocenters. The molecule has 3 rings (SSSR count). The van der Waals surface area contributed by atoms with Crippen molar-refractivity contribution in [1.82, 2.24) is 4.90 Å². The normalized spacial score (nSPS) is 15.4. The van der Waals surface area contributed by atoms with E-state index < -0.39 is 0 Å². The molecule has 2 aromatic rings. The van der Waals surface area contributed by atoms with E-state index in [4.69, 9.17) is 0 Å². The van der Waals surface area contributed by atoms with E-state index in [9.17, 15) is 4.79 Å². The third kappa shape index (κ3) is 3.02. The summed E-state index contributed by atoms with van der Waals surface area (Å²) in [7, 11) is 0. The predicted octanol–water partition coefficient (Wildman–Crippen LogP) is 3.83. The quantitative estimate of drug-likeness (QED) is 0.859. The summed E-state index contributed by atoms with van der Waals surface area (Å²) in [6.45, 7) is 7.86. The molecule has 2 heterocycles. The number of piperazine rings is 1. The molecule has 1 aliphatic heterocycles. The fraction of sp³-hybridized carbons (Fsp3) is 0.389. The number of carbonyl (C=O) groups is 1. The fourth-order valence-electron chi connectivity index (χ4n) is 2.97. The van der Waals surface area contributed by atoms with Crippen molar-refractivity contribution in [2.45, 2.75) is 19.8 Å². The monoisotopic (exact) mass is 314 g/mol. The molecule has 3 nitrogen and oxygen atoms in total. The Labute approximate surface area is 136 Å². The van der Waals surface area contributed by atoms with Crippen LogP contribution in [0.5, 0.6) is 0 Å². The van der Waals surface area contributed by atoms with E-state index in [1.54, 1.807) is 0 Å². The molecule has 0 unspecified atom stereocenters. The number of hydrogen-bond donors (Lipinski definition) is 0. The van der Waals surface area contributed by atoms with Gasteiger partial charge in [0.2, 0.25) is 0 Å². The smallest absolute Gasteiger partial charge is 0.264 e. The van der Waals surface area contributed by atoms with Crippen molar-refractivity contribution in [2.75, 3.05) is 31.1 Å². The molecule has 1 fully saturated rings. The standard InChI is InChI=1S/C18H22N2OS/c1-14(2)15-6-3-4-7-16(15)19-9-11-20(12-10-19)18(21)17-8-5-13-22-17/h3-8,13-14H,9-12H2,1-2H3. The zero-order chi connectivity index (χ0) is 15.5. The van der Waals surface area contributed by atoms with Crippen molar-refractivity contribution in [2.24, 2.45) is 0 Å². The Balaban J connectivity index is 1.69. The summed E-state index contributed by atoms with van der Waals surface area (Å²) in [4.78, 5) is 17.6. The van der Waals surface area contributed by atoms with E-state index in [2.05, 4.69) is 43.0 Å². The highest BCUT2D eigenvalue weighted by Gasteiger charge is 2.24. The Bertz CT molecular complexity index is 628. The van der Waals surface area contributed by atoms with Gasteiger partial charge in [0, 0.05) is 31.9 Å². The first-order chi connectivity index (χ1) is 10.7. The maximum Gasteiger partial charge on any atom is 0.264 e. The van der Waals surface area contributed by atoms with Crippen LogP contribution < -0.4 is 4.90 Å². The van der Waals surface area contributed by atoms with Gasteiger partial charge in [-0.05, 0) is 29.0 Å². The van der Waals surface area contributed by atoms with Gasteiger partial charge in [0.1, 0.15) is 0 Å². The molecule has 1 amide bonds. The number of amides is 1. The average molecular weight is 314 g/mol. The van der Waals surface area contributed by atoms with Crippen LogP contribution in [0.3, 0.4) is 0 Å². The molecular formula is C18H22N2OS. The van der Waals surface area contributed by atoms with Gasteiger partial charge in [-0.2, -0.15) is 0 Å². The summed E-state index contributed by atoms with van der Waals surface area (Å²) < 4.78 is 0. The molecule has 1 aromatic carbocycles. The van der Waals surface area contributed by atoms with E-state index in [-0.39, 0.29) is 5.91 Å². The Morgan fingerprint density at radius 3 is 2.41 bits per heavy atom. The second kappa shape index (κ2) is 6.53. The van der Waals surface area contributed by atoms with Gasteiger partial charge in [0.25, 0.3) is 5.91 Å². The number of hydrogen-bond acceptors (Lipinski definition) is 3. The topological polar surface area (TPSA) is 23.6 Å². The van der Waals surface area contributed by atoms with Gasteiger partial charge >= 0.3 is 0 Å². The maximum atomic E-state index is 12.4. The molecule has 0 saturated carbocycles. The van der Waals surface area contributed by atoms with Gasteiger partial charge in [-0.1, -0.05) is 38.1 Å². The largest absolute Gasteiger partial charge is 0.368 e. The minimum absolute atomic E-state index is 0.173. The van der Waals surface area contributed by atoms with Crippen LogP contribution in [0.1, 0.15) is 35.0 Å². The van der Waals surface area contributed by atoms with Crippen LogP contribution in [0.2, 0.25) is 0 Å². The van der Waals surface area contributed by atoms with Crippen LogP contribution >= 0.6 is 11.3 Å². The summed E-state index contributed by atoms with van der Waals surface area (Å²) in [6, 6.07) is 12.5. The fourth-order valence-corrected chi connectivity index (χ4v) is 3.66. The predicted molar refractivity (Wildman–Crippen MR) is 93.0 cm³/mol. The van der Waals surface area contributed by atoms with Crippen LogP contribution in [-0.2, 0) is 0 Å². The van der Waals surface area contributed by atoms with E-state index in [0.29, 0.717) is 5.92 Å². The molecular weight excluding hydrogens is 292 g/mol. The molecule has 22 heavy (non-hydrogen) atoms. The van der Waals surface area contributed by atoms with E-state index in [1.165, 1.54) is 22.6 Å². The van der Waals surface area contributed by atoms with Gasteiger partial charge < -0.3 is 9.80 Å². The Kier molecular flexibility index (Phi) is 4.48. The lowest BCUT2D eigenvalue weighted by atomic mass is 10.00. The van der Waals surface area contributed by atoms with Crippen molar-refractivity contribution in [3.8, 4) is 0 Å². The molecule has 1 aliphatic rings. The molecule has 1 saturated heterocycles. The summed E-state index contributed by atoms with van der Waals surface area (Å²) in [5.41, 5.74) is 2.71. The van der Waals surface area contributed by atoms with Crippen LogP contribution in [0.15, 0.2) is 41.8 Å². The number of carbonyl (C=O) groups excluding carboxylic acids is 1. The Hall–Kier alpha value is -1.81. The van der Waals surface area contributed by atoms with Crippen LogP contribution in [0.25, 0.3) is 0 Å². The molecule has 0 radical (unpaired) electrons. The summed E-state index contributed by atoms with van der Waals surface area (Å²) >= 11 is 1.52. The minimum atomic E-state index is 0.173. The van der Waals surface area contributed by atoms with Gasteiger partial charge in [-0.3, -0.25) is 4.79 Å². The number of anilines is 1. The van der Waals surface area contributed by atoms with Crippen LogP contribution in [0, 0.1) is 0 Å². The van der Waals surface area contributed by atoms with Gasteiger partial charge in [-0.15, -0.1) is 11.3 Å². The third-order valence-corrected chi connectivity index (χ3v) is 5.06. The van der Waals surface area contributed by atoms with Crippen molar-refractivity contribution in [1.29, 1.82) is 0 Å². The molecule has 0 bridgehead atoms.